The molecule has 0 aliphatic heterocycles. The molecular weight excluding hydrogens is 416 g/mol. The summed E-state index contributed by atoms with van der Waals surface area (Å²) in [5, 5.41) is 76.9. The normalized spacial score (nSPS) is 12.0. The molecule has 0 saturated heterocycles. The third-order valence-electron chi connectivity index (χ3n) is 4.55. The summed E-state index contributed by atoms with van der Waals surface area (Å²) >= 11 is 0. The maximum absolute atomic E-state index is 8.66. The summed E-state index contributed by atoms with van der Waals surface area (Å²) in [5.74, 6) is 0. The van der Waals surface area contributed by atoms with Crippen LogP contribution in [0, 0.1) is 16.2 Å². The van der Waals surface area contributed by atoms with Gasteiger partial charge in [-0.2, -0.15) is 0 Å². The summed E-state index contributed by atoms with van der Waals surface area (Å²) in [6, 6.07) is 0. The zero-order chi connectivity index (χ0) is 24.8. The van der Waals surface area contributed by atoms with Crippen molar-refractivity contribution in [2.45, 2.75) is 27.2 Å². The zero-order valence-corrected chi connectivity index (χ0v) is 19.2. The lowest BCUT2D eigenvalue weighted by molar-refractivity contribution is -0.0328. The third kappa shape index (κ3) is 17.8. The molecule has 0 aromatic heterocycles. The van der Waals surface area contributed by atoms with E-state index >= 15 is 0 Å². The second-order valence-corrected chi connectivity index (χ2v) is 8.18. The fourth-order valence-corrected chi connectivity index (χ4v) is 1.65. The molecule has 0 aliphatic rings. The topological polar surface area (TPSA) is 201 Å². The summed E-state index contributed by atoms with van der Waals surface area (Å²) in [6.07, 6.45) is 0.594. The van der Waals surface area contributed by atoms with Crippen molar-refractivity contribution in [1.29, 1.82) is 0 Å². The number of aliphatic hydroxyl groups is 9. The van der Waals surface area contributed by atoms with Gasteiger partial charge in [0.15, 0.2) is 0 Å². The molecule has 0 unspecified atom stereocenters. The lowest BCUT2D eigenvalue weighted by Gasteiger charge is -2.24. The van der Waals surface area contributed by atoms with Crippen molar-refractivity contribution < 1.29 is 55.4 Å². The standard InChI is InChI=1S/C9H20O4.C6H14O3.C5H12O4/c1-9(2,7-12-5-3-10)8-13-6-4-11;1-2-6(3-7,4-8)5-9;6-1-5(2-7,3-8)4-9/h10-11H,3-8H2,1-2H3;7-9H,2-5H2,1H3;6-9H,1-4H2. The molecule has 0 radical (unpaired) electrons. The average Bonchev–Trinajstić information content (AvgIpc) is 2.79. The fourth-order valence-electron chi connectivity index (χ4n) is 1.65. The van der Waals surface area contributed by atoms with Crippen LogP contribution in [0.25, 0.3) is 0 Å². The number of aliphatic hydroxyl groups excluding tert-OH is 9. The Hall–Kier alpha value is -0.440. The second-order valence-electron chi connectivity index (χ2n) is 8.18. The predicted octanol–water partition coefficient (Wildman–Crippen LogP) is -2.67. The summed E-state index contributed by atoms with van der Waals surface area (Å²) in [4.78, 5) is 0. The molecule has 0 fully saturated rings. The van der Waals surface area contributed by atoms with Crippen molar-refractivity contribution in [2.24, 2.45) is 16.2 Å². The molecule has 31 heavy (non-hydrogen) atoms. The minimum absolute atomic E-state index is 0.0492. The quantitative estimate of drug-likeness (QED) is 0.108. The van der Waals surface area contributed by atoms with Gasteiger partial charge < -0.3 is 55.4 Å². The van der Waals surface area contributed by atoms with Gasteiger partial charge in [0, 0.05) is 10.8 Å². The van der Waals surface area contributed by atoms with Crippen molar-refractivity contribution in [3.63, 3.8) is 0 Å². The van der Waals surface area contributed by atoms with Gasteiger partial charge in [-0.05, 0) is 6.42 Å². The van der Waals surface area contributed by atoms with E-state index in [0.717, 1.165) is 0 Å². The van der Waals surface area contributed by atoms with E-state index < -0.39 is 37.3 Å². The van der Waals surface area contributed by atoms with Crippen molar-refractivity contribution in [2.75, 3.05) is 85.9 Å². The maximum Gasteiger partial charge on any atom is 0.0697 e. The van der Waals surface area contributed by atoms with Gasteiger partial charge in [-0.25, -0.2) is 0 Å². The Labute approximate surface area is 185 Å². The van der Waals surface area contributed by atoms with Crippen LogP contribution in [0.2, 0.25) is 0 Å². The van der Waals surface area contributed by atoms with E-state index in [2.05, 4.69) is 0 Å². The molecular formula is C20H46O11. The molecule has 0 saturated carbocycles. The van der Waals surface area contributed by atoms with Gasteiger partial charge in [0.05, 0.1) is 91.3 Å². The van der Waals surface area contributed by atoms with Gasteiger partial charge in [-0.1, -0.05) is 20.8 Å². The van der Waals surface area contributed by atoms with Crippen molar-refractivity contribution in [3.8, 4) is 0 Å². The van der Waals surface area contributed by atoms with Gasteiger partial charge in [-0.15, -0.1) is 0 Å². The first kappa shape index (κ1) is 35.2. The minimum Gasteiger partial charge on any atom is -0.396 e. The molecule has 0 bridgehead atoms. The fraction of sp³-hybridized carbons (Fsp3) is 1.00. The van der Waals surface area contributed by atoms with E-state index in [9.17, 15) is 0 Å². The van der Waals surface area contributed by atoms with E-state index in [1.54, 1.807) is 0 Å². The Kier molecular flexibility index (Phi) is 24.3. The lowest BCUT2D eigenvalue weighted by atomic mass is 9.88. The van der Waals surface area contributed by atoms with E-state index in [4.69, 9.17) is 55.4 Å². The minimum atomic E-state index is -1.11. The molecule has 0 heterocycles. The smallest absolute Gasteiger partial charge is 0.0697 e. The van der Waals surface area contributed by atoms with Crippen LogP contribution in [0.3, 0.4) is 0 Å². The van der Waals surface area contributed by atoms with E-state index in [1.807, 2.05) is 20.8 Å². The molecule has 11 heteroatoms. The lowest BCUT2D eigenvalue weighted by Crippen LogP contribution is -2.37. The summed E-state index contributed by atoms with van der Waals surface area (Å²) in [7, 11) is 0. The van der Waals surface area contributed by atoms with Crippen LogP contribution in [-0.4, -0.2) is 132 Å². The van der Waals surface area contributed by atoms with Gasteiger partial charge in [0.2, 0.25) is 0 Å². The van der Waals surface area contributed by atoms with E-state index in [-0.39, 0.29) is 38.4 Å². The number of hydrogen-bond donors (Lipinski definition) is 9. The molecule has 0 amide bonds. The highest BCUT2D eigenvalue weighted by molar-refractivity contribution is 4.75. The summed E-state index contributed by atoms with van der Waals surface area (Å²) < 4.78 is 10.4. The Morgan fingerprint density at radius 1 is 0.516 bits per heavy atom. The molecule has 192 valence electrons. The second kappa shape index (κ2) is 21.4. The molecule has 0 spiro atoms. The molecule has 0 aromatic carbocycles. The van der Waals surface area contributed by atoms with Crippen molar-refractivity contribution >= 4 is 0 Å². The Morgan fingerprint density at radius 3 is 0.935 bits per heavy atom. The molecule has 11 nitrogen and oxygen atoms in total. The predicted molar refractivity (Wildman–Crippen MR) is 114 cm³/mol. The number of ether oxygens (including phenoxy) is 2. The van der Waals surface area contributed by atoms with Gasteiger partial charge in [-0.3, -0.25) is 0 Å². The Balaban J connectivity index is -0.000000390. The van der Waals surface area contributed by atoms with Crippen LogP contribution >= 0.6 is 0 Å². The van der Waals surface area contributed by atoms with Crippen LogP contribution in [0.15, 0.2) is 0 Å². The van der Waals surface area contributed by atoms with Crippen LogP contribution in [0.4, 0.5) is 0 Å². The maximum atomic E-state index is 8.66. The Bertz CT molecular complexity index is 292. The van der Waals surface area contributed by atoms with Crippen LogP contribution in [-0.2, 0) is 9.47 Å². The number of rotatable bonds is 16. The highest BCUT2D eigenvalue weighted by Crippen LogP contribution is 2.18. The van der Waals surface area contributed by atoms with Crippen LogP contribution < -0.4 is 0 Å². The van der Waals surface area contributed by atoms with Gasteiger partial charge in [0.1, 0.15) is 0 Å². The first-order valence-electron chi connectivity index (χ1n) is 10.2. The van der Waals surface area contributed by atoms with E-state index in [0.29, 0.717) is 32.8 Å². The third-order valence-corrected chi connectivity index (χ3v) is 4.55. The van der Waals surface area contributed by atoms with Crippen molar-refractivity contribution in [1.82, 2.24) is 0 Å². The molecule has 9 N–H and O–H groups in total. The molecule has 0 aliphatic carbocycles. The van der Waals surface area contributed by atoms with E-state index in [1.165, 1.54) is 0 Å². The molecule has 0 aromatic rings. The average molecular weight is 463 g/mol. The summed E-state index contributed by atoms with van der Waals surface area (Å²) in [6.45, 7) is 5.70. The number of hydrogen-bond acceptors (Lipinski definition) is 11. The largest absolute Gasteiger partial charge is 0.396 e. The first-order valence-corrected chi connectivity index (χ1v) is 10.2. The first-order chi connectivity index (χ1) is 14.6. The van der Waals surface area contributed by atoms with Gasteiger partial charge >= 0.3 is 0 Å². The zero-order valence-electron chi connectivity index (χ0n) is 19.2. The highest BCUT2D eigenvalue weighted by atomic mass is 16.5. The van der Waals surface area contributed by atoms with Crippen LogP contribution in [0.1, 0.15) is 27.2 Å². The molecule has 0 atom stereocenters. The SMILES string of the molecule is CC(C)(COCCO)COCCO.CCC(CO)(CO)CO.OCC(CO)(CO)CO. The Morgan fingerprint density at radius 2 is 0.806 bits per heavy atom. The van der Waals surface area contributed by atoms with Crippen molar-refractivity contribution in [3.05, 3.63) is 0 Å². The molecule has 0 rings (SSSR count). The monoisotopic (exact) mass is 462 g/mol. The van der Waals surface area contributed by atoms with Crippen LogP contribution in [0.5, 0.6) is 0 Å². The highest BCUT2D eigenvalue weighted by Gasteiger charge is 2.26. The summed E-state index contributed by atoms with van der Waals surface area (Å²) in [5.41, 5.74) is -1.84. The van der Waals surface area contributed by atoms with Gasteiger partial charge in [0.25, 0.3) is 0 Å².